The van der Waals surface area contributed by atoms with Gasteiger partial charge in [-0.05, 0) is 6.42 Å². The first-order chi connectivity index (χ1) is 5.08. The van der Waals surface area contributed by atoms with E-state index in [1.165, 1.54) is 13.0 Å². The third kappa shape index (κ3) is 2.50. The quantitative estimate of drug-likeness (QED) is 0.443. The van der Waals surface area contributed by atoms with Crippen molar-refractivity contribution >= 4 is 16.1 Å². The van der Waals surface area contributed by atoms with Gasteiger partial charge < -0.3 is 0 Å². The van der Waals surface area contributed by atoms with E-state index in [1.54, 1.807) is 0 Å². The molecule has 0 aliphatic heterocycles. The summed E-state index contributed by atoms with van der Waals surface area (Å²) in [6.07, 6.45) is 1.01. The number of isocyanates is 1. The van der Waals surface area contributed by atoms with E-state index in [0.29, 0.717) is 0 Å². The number of nitriles is 1. The van der Waals surface area contributed by atoms with E-state index < -0.39 is 15.3 Å². The molecule has 11 heavy (non-hydrogen) atoms. The zero-order valence-electron chi connectivity index (χ0n) is 5.81. The van der Waals surface area contributed by atoms with Crippen molar-refractivity contribution in [1.29, 1.82) is 5.26 Å². The van der Waals surface area contributed by atoms with Crippen LogP contribution >= 0.6 is 0 Å². The van der Waals surface area contributed by atoms with Crippen molar-refractivity contribution < 1.29 is 13.2 Å². The molecule has 0 aromatic carbocycles. The highest BCUT2D eigenvalue weighted by molar-refractivity contribution is 7.91. The van der Waals surface area contributed by atoms with E-state index in [1.807, 2.05) is 0 Å². The molecular formula is C5H6N2O3S. The number of sulfonamides is 1. The van der Waals surface area contributed by atoms with Gasteiger partial charge in [0.25, 0.3) is 16.1 Å². The average Bonchev–Trinajstić information content (AvgIpc) is 1.89. The topological polar surface area (TPSA) is 87.4 Å². The molecule has 0 radical (unpaired) electrons. The molecule has 6 heteroatoms. The van der Waals surface area contributed by atoms with Crippen molar-refractivity contribution in [1.82, 2.24) is 0 Å². The van der Waals surface area contributed by atoms with E-state index in [-0.39, 0.29) is 6.42 Å². The van der Waals surface area contributed by atoms with Crippen LogP contribution in [-0.4, -0.2) is 19.7 Å². The molecule has 0 aromatic heterocycles. The van der Waals surface area contributed by atoms with Gasteiger partial charge in [0, 0.05) is 0 Å². The Morgan fingerprint density at radius 3 is 2.45 bits per heavy atom. The molecule has 5 nitrogen and oxygen atoms in total. The van der Waals surface area contributed by atoms with Crippen LogP contribution in [0, 0.1) is 11.3 Å². The normalized spacial score (nSPS) is 12.7. The van der Waals surface area contributed by atoms with Gasteiger partial charge in [0.15, 0.2) is 5.25 Å². The van der Waals surface area contributed by atoms with Gasteiger partial charge in [-0.3, -0.25) is 0 Å². The first-order valence-electron chi connectivity index (χ1n) is 2.81. The fourth-order valence-corrected chi connectivity index (χ4v) is 1.27. The first kappa shape index (κ1) is 9.82. The average molecular weight is 174 g/mol. The van der Waals surface area contributed by atoms with Crippen LogP contribution < -0.4 is 0 Å². The van der Waals surface area contributed by atoms with Gasteiger partial charge in [-0.25, -0.2) is 13.2 Å². The van der Waals surface area contributed by atoms with Crippen LogP contribution in [0.5, 0.6) is 0 Å². The zero-order chi connectivity index (χ0) is 8.91. The van der Waals surface area contributed by atoms with Crippen LogP contribution in [-0.2, 0) is 14.8 Å². The smallest absolute Gasteiger partial charge is 0.210 e. The number of carbonyl (C=O) groups excluding carboxylic acids is 1. The molecule has 0 spiro atoms. The minimum atomic E-state index is -3.93. The molecule has 0 saturated heterocycles. The van der Waals surface area contributed by atoms with Crippen LogP contribution in [0.15, 0.2) is 4.40 Å². The second-order valence-electron chi connectivity index (χ2n) is 1.72. The molecular weight excluding hydrogens is 168 g/mol. The van der Waals surface area contributed by atoms with E-state index in [4.69, 9.17) is 5.26 Å². The molecule has 0 bridgehead atoms. The van der Waals surface area contributed by atoms with Crippen LogP contribution in [0.4, 0.5) is 0 Å². The summed E-state index contributed by atoms with van der Waals surface area (Å²) >= 11 is 0. The molecule has 0 N–H and O–H groups in total. The summed E-state index contributed by atoms with van der Waals surface area (Å²) in [4.78, 5) is 9.58. The van der Waals surface area contributed by atoms with E-state index in [0.717, 1.165) is 6.08 Å². The molecule has 0 fully saturated rings. The maximum Gasteiger partial charge on any atom is 0.279 e. The van der Waals surface area contributed by atoms with Crippen LogP contribution in [0.2, 0.25) is 0 Å². The highest BCUT2D eigenvalue weighted by Gasteiger charge is 2.22. The van der Waals surface area contributed by atoms with Gasteiger partial charge in [0.1, 0.15) is 0 Å². The molecule has 0 aromatic rings. The van der Waals surface area contributed by atoms with Crippen molar-refractivity contribution in [2.45, 2.75) is 18.6 Å². The Bertz CT molecular complexity index is 307. The van der Waals surface area contributed by atoms with Crippen molar-refractivity contribution in [3.05, 3.63) is 0 Å². The number of nitrogens with zero attached hydrogens (tertiary/aromatic N) is 2. The predicted octanol–water partition coefficient (Wildman–Crippen LogP) is -0.0458. The highest BCUT2D eigenvalue weighted by Crippen LogP contribution is 2.05. The van der Waals surface area contributed by atoms with E-state index >= 15 is 0 Å². The Hall–Kier alpha value is -1.18. The van der Waals surface area contributed by atoms with Crippen molar-refractivity contribution in [3.63, 3.8) is 0 Å². The summed E-state index contributed by atoms with van der Waals surface area (Å²) in [7, 11) is -3.93. The zero-order valence-corrected chi connectivity index (χ0v) is 6.63. The number of hydrogen-bond donors (Lipinski definition) is 0. The van der Waals surface area contributed by atoms with Gasteiger partial charge in [0.05, 0.1) is 6.07 Å². The maximum absolute atomic E-state index is 10.7. The van der Waals surface area contributed by atoms with Crippen molar-refractivity contribution in [3.8, 4) is 6.07 Å². The summed E-state index contributed by atoms with van der Waals surface area (Å²) in [6.45, 7) is 1.52. The molecule has 0 saturated carbocycles. The largest absolute Gasteiger partial charge is 0.279 e. The maximum atomic E-state index is 10.7. The Morgan fingerprint density at radius 1 is 1.64 bits per heavy atom. The van der Waals surface area contributed by atoms with Gasteiger partial charge >= 0.3 is 0 Å². The lowest BCUT2D eigenvalue weighted by atomic mass is 10.4. The van der Waals surface area contributed by atoms with E-state index in [9.17, 15) is 13.2 Å². The van der Waals surface area contributed by atoms with Gasteiger partial charge in [0.2, 0.25) is 0 Å². The van der Waals surface area contributed by atoms with Crippen molar-refractivity contribution in [2.75, 3.05) is 0 Å². The summed E-state index contributed by atoms with van der Waals surface area (Å²) < 4.78 is 24.0. The molecule has 60 valence electrons. The Labute approximate surface area is 64.4 Å². The Balaban J connectivity index is 4.85. The molecule has 1 unspecified atom stereocenters. The summed E-state index contributed by atoms with van der Waals surface area (Å²) in [5.41, 5.74) is 0. The Morgan fingerprint density at radius 2 is 2.18 bits per heavy atom. The first-order valence-corrected chi connectivity index (χ1v) is 4.31. The molecule has 0 heterocycles. The summed E-state index contributed by atoms with van der Waals surface area (Å²) in [5.74, 6) is 0. The monoisotopic (exact) mass is 174 g/mol. The lowest BCUT2D eigenvalue weighted by molar-refractivity contribution is 0.562. The standard InChI is InChI=1S/C5H6N2O3S/c1-2-5(3-6)11(9,10)7-4-8/h5H,2H2,1H3. The SMILES string of the molecule is CCC(C#N)S(=O)(=O)N=C=O. The molecule has 0 amide bonds. The third-order valence-electron chi connectivity index (χ3n) is 1.04. The summed E-state index contributed by atoms with van der Waals surface area (Å²) in [5, 5.41) is 7.04. The van der Waals surface area contributed by atoms with Gasteiger partial charge in [-0.1, -0.05) is 11.3 Å². The van der Waals surface area contributed by atoms with E-state index in [2.05, 4.69) is 4.40 Å². The Kier molecular flexibility index (Phi) is 3.45. The fraction of sp³-hybridized carbons (Fsp3) is 0.600. The minimum absolute atomic E-state index is 0.115. The highest BCUT2D eigenvalue weighted by atomic mass is 32.2. The van der Waals surface area contributed by atoms with Crippen LogP contribution in [0.1, 0.15) is 13.3 Å². The fourth-order valence-electron chi connectivity index (χ4n) is 0.484. The lowest BCUT2D eigenvalue weighted by Gasteiger charge is -1.98. The van der Waals surface area contributed by atoms with Crippen LogP contribution in [0.25, 0.3) is 0 Å². The van der Waals surface area contributed by atoms with Gasteiger partial charge in [-0.15, -0.1) is 0 Å². The predicted molar refractivity (Wildman–Crippen MR) is 36.7 cm³/mol. The number of hydrogen-bond acceptors (Lipinski definition) is 4. The summed E-state index contributed by atoms with van der Waals surface area (Å²) in [6, 6.07) is 1.52. The molecule has 0 aliphatic rings. The van der Waals surface area contributed by atoms with Crippen LogP contribution in [0.3, 0.4) is 0 Å². The molecule has 0 aliphatic carbocycles. The minimum Gasteiger partial charge on any atom is -0.210 e. The number of rotatable bonds is 3. The second kappa shape index (κ2) is 3.86. The molecule has 0 rings (SSSR count). The lowest BCUT2D eigenvalue weighted by Crippen LogP contribution is -2.15. The van der Waals surface area contributed by atoms with Gasteiger partial charge in [-0.2, -0.15) is 5.26 Å². The second-order valence-corrected chi connectivity index (χ2v) is 3.51. The molecule has 1 atom stereocenters. The van der Waals surface area contributed by atoms with Crippen molar-refractivity contribution in [2.24, 2.45) is 4.40 Å². The third-order valence-corrected chi connectivity index (χ3v) is 2.53.